The van der Waals surface area contributed by atoms with Crippen molar-refractivity contribution in [2.24, 2.45) is 0 Å². The smallest absolute Gasteiger partial charge is 0.284 e. The molecule has 0 amide bonds. The van der Waals surface area contributed by atoms with Crippen molar-refractivity contribution < 1.29 is 25.4 Å². The highest BCUT2D eigenvalue weighted by atomic mass is 32.2. The molecular weight excluding hydrogens is 556 g/mol. The molecule has 0 bridgehead atoms. The third kappa shape index (κ3) is 7.27. The largest absolute Gasteiger partial charge is 0.327 e. The van der Waals surface area contributed by atoms with E-state index in [4.69, 9.17) is 8.57 Å². The summed E-state index contributed by atoms with van der Waals surface area (Å²) in [5.41, 5.74) is 1.66. The zero-order valence-electron chi connectivity index (χ0n) is 21.9. The number of aromatic nitrogens is 2. The number of unbranched alkanes of at least 4 members (excludes halogenated alkanes) is 1. The molecule has 0 unspecified atom stereocenters. The van der Waals surface area contributed by atoms with Gasteiger partial charge < -0.3 is 0 Å². The topological polar surface area (TPSA) is 131 Å². The Morgan fingerprint density at radius 1 is 0.575 bits per heavy atom. The Labute approximate surface area is 232 Å². The van der Waals surface area contributed by atoms with Crippen LogP contribution in [0.4, 0.5) is 0 Å². The monoisotopic (exact) mass is 584 g/mol. The maximum Gasteiger partial charge on any atom is 0.327 e. The van der Waals surface area contributed by atoms with Crippen LogP contribution >= 0.6 is 0 Å². The first-order valence-electron chi connectivity index (χ1n) is 12.4. The van der Waals surface area contributed by atoms with Gasteiger partial charge in [0.2, 0.25) is 0 Å². The summed E-state index contributed by atoms with van der Waals surface area (Å²) in [7, 11) is -8.52. The van der Waals surface area contributed by atoms with Crippen LogP contribution in [0.25, 0.3) is 22.5 Å². The predicted molar refractivity (Wildman–Crippen MR) is 152 cm³/mol. The second-order valence-corrected chi connectivity index (χ2v) is 12.6. The fourth-order valence-corrected chi connectivity index (χ4v) is 6.03. The van der Waals surface area contributed by atoms with Gasteiger partial charge in [-0.15, -0.1) is 9.46 Å². The molecule has 210 valence electrons. The SMILES string of the molecule is Cc1cc(-c2ccccc2)n(OS(=O)(=O)CCCCS(=O)(=O)On2c(-c3ccccc3)cc(C)cc2=O)c(=O)c1. The Bertz CT molecular complexity index is 1690. The van der Waals surface area contributed by atoms with Crippen molar-refractivity contribution in [3.05, 3.63) is 117 Å². The number of pyridine rings is 2. The van der Waals surface area contributed by atoms with Crippen LogP contribution in [0.15, 0.2) is 94.5 Å². The van der Waals surface area contributed by atoms with Gasteiger partial charge in [0.1, 0.15) is 0 Å². The molecule has 0 saturated heterocycles. The number of rotatable bonds is 11. The Morgan fingerprint density at radius 3 is 1.27 bits per heavy atom. The van der Waals surface area contributed by atoms with Crippen LogP contribution < -0.4 is 19.7 Å². The van der Waals surface area contributed by atoms with E-state index in [1.165, 1.54) is 12.1 Å². The Morgan fingerprint density at radius 2 is 0.925 bits per heavy atom. The van der Waals surface area contributed by atoms with Crippen molar-refractivity contribution in [2.45, 2.75) is 26.7 Å². The van der Waals surface area contributed by atoms with Crippen molar-refractivity contribution in [1.82, 2.24) is 9.46 Å². The highest BCUT2D eigenvalue weighted by molar-refractivity contribution is 7.87. The van der Waals surface area contributed by atoms with E-state index in [0.717, 1.165) is 0 Å². The molecule has 0 aliphatic heterocycles. The molecule has 12 heteroatoms. The molecule has 2 aromatic carbocycles. The minimum absolute atomic E-state index is 0.0967. The van der Waals surface area contributed by atoms with Crippen molar-refractivity contribution in [3.8, 4) is 22.5 Å². The zero-order chi connectivity index (χ0) is 28.9. The van der Waals surface area contributed by atoms with Gasteiger partial charge in [0.25, 0.3) is 11.1 Å². The van der Waals surface area contributed by atoms with Gasteiger partial charge in [0.15, 0.2) is 0 Å². The predicted octanol–water partition coefficient (Wildman–Crippen LogP) is 2.96. The van der Waals surface area contributed by atoms with Crippen molar-refractivity contribution in [3.63, 3.8) is 0 Å². The van der Waals surface area contributed by atoms with Crippen LogP contribution in [-0.2, 0) is 20.2 Å². The van der Waals surface area contributed by atoms with E-state index in [9.17, 15) is 26.4 Å². The third-order valence-corrected chi connectivity index (χ3v) is 8.15. The van der Waals surface area contributed by atoms with E-state index in [1.54, 1.807) is 86.6 Å². The normalized spacial score (nSPS) is 11.8. The summed E-state index contributed by atoms with van der Waals surface area (Å²) >= 11 is 0. The van der Waals surface area contributed by atoms with Gasteiger partial charge in [-0.2, -0.15) is 16.8 Å². The van der Waals surface area contributed by atoms with Crippen LogP contribution in [0, 0.1) is 13.8 Å². The van der Waals surface area contributed by atoms with Gasteiger partial charge in [-0.1, -0.05) is 60.7 Å². The van der Waals surface area contributed by atoms with Gasteiger partial charge in [0.05, 0.1) is 22.9 Å². The quantitative estimate of drug-likeness (QED) is 0.246. The summed E-state index contributed by atoms with van der Waals surface area (Å²) in [4.78, 5) is 25.2. The molecule has 0 atom stereocenters. The minimum atomic E-state index is -4.26. The summed E-state index contributed by atoms with van der Waals surface area (Å²) in [5, 5.41) is 0. The lowest BCUT2D eigenvalue weighted by molar-refractivity contribution is 0.269. The average Bonchev–Trinajstić information content (AvgIpc) is 2.90. The molecule has 0 spiro atoms. The number of benzene rings is 2. The second kappa shape index (κ2) is 11.9. The molecule has 4 aromatic rings. The minimum Gasteiger partial charge on any atom is -0.284 e. The van der Waals surface area contributed by atoms with E-state index in [0.29, 0.717) is 31.7 Å². The second-order valence-electron chi connectivity index (χ2n) is 9.21. The zero-order valence-corrected chi connectivity index (χ0v) is 23.5. The van der Waals surface area contributed by atoms with Crippen molar-refractivity contribution in [1.29, 1.82) is 0 Å². The summed E-state index contributed by atoms with van der Waals surface area (Å²) in [6.45, 7) is 3.42. The summed E-state index contributed by atoms with van der Waals surface area (Å²) < 4.78 is 62.5. The third-order valence-electron chi connectivity index (χ3n) is 5.82. The van der Waals surface area contributed by atoms with Crippen molar-refractivity contribution >= 4 is 20.2 Å². The van der Waals surface area contributed by atoms with Gasteiger partial charge >= 0.3 is 20.2 Å². The van der Waals surface area contributed by atoms with Gasteiger partial charge in [-0.3, -0.25) is 18.2 Å². The molecule has 0 saturated carbocycles. The first-order valence-corrected chi connectivity index (χ1v) is 15.5. The molecule has 2 heterocycles. The Kier molecular flexibility index (Phi) is 8.60. The average molecular weight is 585 g/mol. The number of nitrogens with zero attached hydrogens (tertiary/aromatic N) is 2. The van der Waals surface area contributed by atoms with Crippen molar-refractivity contribution in [2.75, 3.05) is 11.5 Å². The number of aryl methyl sites for hydroxylation is 2. The van der Waals surface area contributed by atoms with Gasteiger partial charge in [0, 0.05) is 23.3 Å². The molecule has 0 radical (unpaired) electrons. The van der Waals surface area contributed by atoms with Crippen LogP contribution in [0.1, 0.15) is 24.0 Å². The highest BCUT2D eigenvalue weighted by Crippen LogP contribution is 2.20. The molecule has 40 heavy (non-hydrogen) atoms. The summed E-state index contributed by atoms with van der Waals surface area (Å²) in [5.74, 6) is -1.09. The fourth-order valence-electron chi connectivity index (χ4n) is 4.01. The molecule has 0 N–H and O–H groups in total. The molecule has 2 aromatic heterocycles. The lowest BCUT2D eigenvalue weighted by Gasteiger charge is -2.15. The Balaban J connectivity index is 1.43. The number of hydrogen-bond donors (Lipinski definition) is 0. The first kappa shape index (κ1) is 28.8. The molecule has 0 fully saturated rings. The standard InChI is InChI=1S/C28H28N2O8S2/c1-21-17-25(23-11-5-3-6-12-23)29(27(31)19-21)37-39(33,34)15-9-10-16-40(35,36)38-30-26(18-22(2)20-28(30)32)24-13-7-4-8-14-24/h3-8,11-14,17-20H,9-10,15-16H2,1-2H3. The van der Waals surface area contributed by atoms with Gasteiger partial charge in [-0.05, 0) is 49.9 Å². The lowest BCUT2D eigenvalue weighted by atomic mass is 10.1. The lowest BCUT2D eigenvalue weighted by Crippen LogP contribution is -2.34. The van der Waals surface area contributed by atoms with Crippen LogP contribution in [0.2, 0.25) is 0 Å². The number of hydrogen-bond acceptors (Lipinski definition) is 8. The molecule has 0 aliphatic carbocycles. The molecule has 0 aliphatic rings. The maximum atomic E-state index is 12.7. The van der Waals surface area contributed by atoms with Crippen LogP contribution in [-0.4, -0.2) is 37.8 Å². The summed E-state index contributed by atoms with van der Waals surface area (Å²) in [6, 6.07) is 23.2. The molecule has 4 rings (SSSR count). The maximum absolute atomic E-state index is 12.7. The van der Waals surface area contributed by atoms with E-state index in [-0.39, 0.29) is 24.2 Å². The molecular formula is C28H28N2O8S2. The summed E-state index contributed by atoms with van der Waals surface area (Å²) in [6.07, 6.45) is -0.193. The molecule has 10 nitrogen and oxygen atoms in total. The van der Waals surface area contributed by atoms with E-state index < -0.39 is 42.9 Å². The first-order chi connectivity index (χ1) is 18.9. The van der Waals surface area contributed by atoms with Gasteiger partial charge in [-0.25, -0.2) is 0 Å². The van der Waals surface area contributed by atoms with Crippen LogP contribution in [0.3, 0.4) is 0 Å². The van der Waals surface area contributed by atoms with Crippen LogP contribution in [0.5, 0.6) is 0 Å². The van der Waals surface area contributed by atoms with E-state index >= 15 is 0 Å². The highest BCUT2D eigenvalue weighted by Gasteiger charge is 2.21. The van der Waals surface area contributed by atoms with E-state index in [1.807, 2.05) is 0 Å². The fraction of sp³-hybridized carbons (Fsp3) is 0.214. The van der Waals surface area contributed by atoms with E-state index in [2.05, 4.69) is 0 Å². The Hall–Kier alpha value is -4.16.